The summed E-state index contributed by atoms with van der Waals surface area (Å²) in [4.78, 5) is 8.82. The van der Waals surface area contributed by atoms with Gasteiger partial charge in [-0.05, 0) is 13.8 Å². The van der Waals surface area contributed by atoms with Crippen molar-refractivity contribution in [2.75, 3.05) is 13.2 Å². The molecule has 0 saturated carbocycles. The number of hydrogen-bond acceptors (Lipinski definition) is 4. The summed E-state index contributed by atoms with van der Waals surface area (Å²) >= 11 is 0. The third-order valence-corrected chi connectivity index (χ3v) is 2.87. The second-order valence-corrected chi connectivity index (χ2v) is 5.04. The van der Waals surface area contributed by atoms with Gasteiger partial charge >= 0.3 is 0 Å². The van der Waals surface area contributed by atoms with E-state index in [0.29, 0.717) is 18.3 Å². The average molecular weight is 287 g/mol. The van der Waals surface area contributed by atoms with E-state index in [1.54, 1.807) is 0 Å². The van der Waals surface area contributed by atoms with Crippen molar-refractivity contribution in [3.8, 4) is 0 Å². The number of hydrogen-bond donors (Lipinski definition) is 1. The molecule has 0 amide bonds. The Hall–Kier alpha value is -1.14. The zero-order chi connectivity index (χ0) is 15.1. The highest BCUT2D eigenvalue weighted by Crippen LogP contribution is 2.11. The summed E-state index contributed by atoms with van der Waals surface area (Å²) in [6.07, 6.45) is -1.98. The number of nitrogens with zero attached hydrogens (tertiary/aromatic N) is 2. The molecule has 1 aromatic rings. The van der Waals surface area contributed by atoms with Crippen LogP contribution in [0.15, 0.2) is 0 Å². The van der Waals surface area contributed by atoms with Crippen LogP contribution in [-0.4, -0.2) is 35.6 Å². The highest BCUT2D eigenvalue weighted by atomic mass is 19.3. The summed E-state index contributed by atoms with van der Waals surface area (Å²) < 4.78 is 28.7. The van der Waals surface area contributed by atoms with E-state index in [1.807, 2.05) is 13.8 Å². The van der Waals surface area contributed by atoms with E-state index < -0.39 is 13.0 Å². The highest BCUT2D eigenvalue weighted by Gasteiger charge is 2.09. The molecule has 0 aromatic carbocycles. The molecule has 6 heteroatoms. The first kappa shape index (κ1) is 16.9. The van der Waals surface area contributed by atoms with Crippen LogP contribution < -0.4 is 5.32 Å². The Morgan fingerprint density at radius 2 is 1.75 bits per heavy atom. The van der Waals surface area contributed by atoms with Gasteiger partial charge < -0.3 is 10.1 Å². The summed E-state index contributed by atoms with van der Waals surface area (Å²) in [5.41, 5.74) is 2.94. The minimum absolute atomic E-state index is 0.215. The van der Waals surface area contributed by atoms with Crippen LogP contribution in [0.5, 0.6) is 0 Å². The molecule has 0 atom stereocenters. The standard InChI is InChI=1S/C14H23F2N3O/c1-9(2)17-7-12-10(3)18-14(19-11(12)4)5-6-20-8-13(15)16/h9,13,17H,5-8H2,1-4H3. The third kappa shape index (κ3) is 5.88. The first-order valence-electron chi connectivity index (χ1n) is 6.82. The first-order valence-corrected chi connectivity index (χ1v) is 6.82. The second-order valence-electron chi connectivity index (χ2n) is 5.04. The van der Waals surface area contributed by atoms with Gasteiger partial charge in [0.25, 0.3) is 6.43 Å². The lowest BCUT2D eigenvalue weighted by molar-refractivity contribution is 0.0182. The molecular weight excluding hydrogens is 264 g/mol. The van der Waals surface area contributed by atoms with Crippen molar-refractivity contribution in [3.63, 3.8) is 0 Å². The number of alkyl halides is 2. The predicted octanol–water partition coefficient (Wildman–Crippen LogP) is 2.42. The van der Waals surface area contributed by atoms with Gasteiger partial charge in [0, 0.05) is 36.0 Å². The first-order chi connectivity index (χ1) is 9.40. The molecule has 1 heterocycles. The Kier molecular flexibility index (Phi) is 6.95. The van der Waals surface area contributed by atoms with Gasteiger partial charge in [-0.1, -0.05) is 13.8 Å². The van der Waals surface area contributed by atoms with Gasteiger partial charge in [-0.15, -0.1) is 0 Å². The summed E-state index contributed by atoms with van der Waals surface area (Å²) in [5, 5.41) is 3.34. The van der Waals surface area contributed by atoms with Crippen LogP contribution in [0.1, 0.15) is 36.6 Å². The lowest BCUT2D eigenvalue weighted by Gasteiger charge is -2.13. The van der Waals surface area contributed by atoms with Crippen LogP contribution in [0.25, 0.3) is 0 Å². The number of nitrogens with one attached hydrogen (secondary N) is 1. The summed E-state index contributed by atoms with van der Waals surface area (Å²) in [6, 6.07) is 0.399. The van der Waals surface area contributed by atoms with Gasteiger partial charge in [0.2, 0.25) is 0 Å². The molecule has 0 aliphatic carbocycles. The monoisotopic (exact) mass is 287 g/mol. The number of ether oxygens (including phenoxy) is 1. The Balaban J connectivity index is 2.58. The molecule has 0 bridgehead atoms. The van der Waals surface area contributed by atoms with Gasteiger partial charge in [-0.25, -0.2) is 18.7 Å². The lowest BCUT2D eigenvalue weighted by atomic mass is 10.1. The van der Waals surface area contributed by atoms with E-state index in [2.05, 4.69) is 29.1 Å². The fraction of sp³-hybridized carbons (Fsp3) is 0.714. The molecular formula is C14H23F2N3O. The quantitative estimate of drug-likeness (QED) is 0.746. The maximum absolute atomic E-state index is 11.9. The van der Waals surface area contributed by atoms with E-state index in [-0.39, 0.29) is 6.61 Å². The van der Waals surface area contributed by atoms with Gasteiger partial charge in [0.05, 0.1) is 6.61 Å². The number of aryl methyl sites for hydroxylation is 2. The van der Waals surface area contributed by atoms with E-state index >= 15 is 0 Å². The molecule has 20 heavy (non-hydrogen) atoms. The molecule has 0 fully saturated rings. The van der Waals surface area contributed by atoms with Gasteiger partial charge in [-0.3, -0.25) is 0 Å². The Labute approximate surface area is 119 Å². The Bertz CT molecular complexity index is 402. The van der Waals surface area contributed by atoms with E-state index in [9.17, 15) is 8.78 Å². The van der Waals surface area contributed by atoms with Crippen molar-refractivity contribution < 1.29 is 13.5 Å². The van der Waals surface area contributed by atoms with Crippen LogP contribution in [0.4, 0.5) is 8.78 Å². The molecule has 1 N–H and O–H groups in total. The second kappa shape index (κ2) is 8.21. The van der Waals surface area contributed by atoms with Crippen LogP contribution in [-0.2, 0) is 17.7 Å². The van der Waals surface area contributed by atoms with Crippen LogP contribution in [0.2, 0.25) is 0 Å². The molecule has 0 radical (unpaired) electrons. The number of rotatable bonds is 8. The Morgan fingerprint density at radius 3 is 2.25 bits per heavy atom. The topological polar surface area (TPSA) is 47.0 Å². The van der Waals surface area contributed by atoms with Gasteiger partial charge in [0.1, 0.15) is 12.4 Å². The van der Waals surface area contributed by atoms with Crippen molar-refractivity contribution in [1.29, 1.82) is 0 Å². The van der Waals surface area contributed by atoms with Crippen molar-refractivity contribution in [2.24, 2.45) is 0 Å². The van der Waals surface area contributed by atoms with E-state index in [1.165, 1.54) is 0 Å². The molecule has 0 unspecified atom stereocenters. The Morgan fingerprint density at radius 1 is 1.15 bits per heavy atom. The normalized spacial score (nSPS) is 11.6. The zero-order valence-electron chi connectivity index (χ0n) is 12.5. The van der Waals surface area contributed by atoms with Crippen LogP contribution in [0, 0.1) is 13.8 Å². The summed E-state index contributed by atoms with van der Waals surface area (Å²) in [7, 11) is 0. The highest BCUT2D eigenvalue weighted by molar-refractivity contribution is 5.24. The summed E-state index contributed by atoms with van der Waals surface area (Å²) in [5.74, 6) is 0.641. The van der Waals surface area contributed by atoms with Gasteiger partial charge in [0.15, 0.2) is 0 Å². The van der Waals surface area contributed by atoms with E-state index in [4.69, 9.17) is 4.74 Å². The largest absolute Gasteiger partial charge is 0.375 e. The van der Waals surface area contributed by atoms with Gasteiger partial charge in [-0.2, -0.15) is 0 Å². The zero-order valence-corrected chi connectivity index (χ0v) is 12.5. The fourth-order valence-electron chi connectivity index (χ4n) is 1.82. The van der Waals surface area contributed by atoms with Crippen molar-refractivity contribution in [1.82, 2.24) is 15.3 Å². The fourth-order valence-corrected chi connectivity index (χ4v) is 1.82. The minimum Gasteiger partial charge on any atom is -0.375 e. The maximum atomic E-state index is 11.9. The lowest BCUT2D eigenvalue weighted by Crippen LogP contribution is -2.23. The minimum atomic E-state index is -2.43. The third-order valence-electron chi connectivity index (χ3n) is 2.87. The number of aromatic nitrogens is 2. The molecule has 0 saturated heterocycles. The van der Waals surface area contributed by atoms with Crippen LogP contribution in [0.3, 0.4) is 0 Å². The van der Waals surface area contributed by atoms with Crippen molar-refractivity contribution in [3.05, 3.63) is 22.8 Å². The van der Waals surface area contributed by atoms with Crippen LogP contribution >= 0.6 is 0 Å². The SMILES string of the molecule is Cc1nc(CCOCC(F)F)nc(C)c1CNC(C)C. The smallest absolute Gasteiger partial charge is 0.261 e. The number of halogens is 2. The predicted molar refractivity (Wildman–Crippen MR) is 74.0 cm³/mol. The maximum Gasteiger partial charge on any atom is 0.261 e. The molecule has 0 aliphatic heterocycles. The molecule has 4 nitrogen and oxygen atoms in total. The molecule has 1 aromatic heterocycles. The summed E-state index contributed by atoms with van der Waals surface area (Å²) in [6.45, 7) is 8.46. The van der Waals surface area contributed by atoms with Crippen molar-refractivity contribution in [2.45, 2.75) is 53.1 Å². The molecule has 1 rings (SSSR count). The molecule has 0 aliphatic rings. The molecule has 0 spiro atoms. The van der Waals surface area contributed by atoms with Crippen molar-refractivity contribution >= 4 is 0 Å². The van der Waals surface area contributed by atoms with E-state index in [0.717, 1.165) is 23.5 Å². The molecule has 114 valence electrons. The average Bonchev–Trinajstić information content (AvgIpc) is 2.33.